The van der Waals surface area contributed by atoms with E-state index in [4.69, 9.17) is 0 Å². The Kier molecular flexibility index (Phi) is 4.10. The molecule has 1 N–H and O–H groups in total. The third-order valence-corrected chi connectivity index (χ3v) is 3.26. The number of aromatic amines is 1. The maximum atomic E-state index is 12.7. The van der Waals surface area contributed by atoms with Crippen molar-refractivity contribution < 1.29 is 4.79 Å². The lowest BCUT2D eigenvalue weighted by atomic mass is 10.0. The minimum atomic E-state index is -0.111. The molecule has 0 bridgehead atoms. The van der Waals surface area contributed by atoms with Crippen molar-refractivity contribution in [2.45, 2.75) is 13.8 Å². The predicted molar refractivity (Wildman–Crippen MR) is 88.8 cm³/mol. The van der Waals surface area contributed by atoms with Gasteiger partial charge in [0.1, 0.15) is 5.69 Å². The van der Waals surface area contributed by atoms with Crippen molar-refractivity contribution in [2.75, 3.05) is 0 Å². The number of carbonyl (C=O) groups excluding carboxylic acids is 1. The Balaban J connectivity index is 2.21. The number of rotatable bonds is 4. The van der Waals surface area contributed by atoms with E-state index in [9.17, 15) is 4.79 Å². The summed E-state index contributed by atoms with van der Waals surface area (Å²) < 4.78 is 0. The van der Waals surface area contributed by atoms with Crippen molar-refractivity contribution in [3.63, 3.8) is 0 Å². The van der Waals surface area contributed by atoms with Crippen molar-refractivity contribution >= 4 is 5.78 Å². The summed E-state index contributed by atoms with van der Waals surface area (Å²) in [5, 5.41) is 7.25. The Morgan fingerprint density at radius 3 is 2.22 bits per heavy atom. The van der Waals surface area contributed by atoms with Crippen LogP contribution in [0.3, 0.4) is 0 Å². The van der Waals surface area contributed by atoms with E-state index >= 15 is 0 Å². The van der Waals surface area contributed by atoms with Gasteiger partial charge in [0.25, 0.3) is 0 Å². The molecular weight excluding hydrogens is 288 g/mol. The molecule has 23 heavy (non-hydrogen) atoms. The summed E-state index contributed by atoms with van der Waals surface area (Å²) in [5.41, 5.74) is 3.88. The van der Waals surface area contributed by atoms with Gasteiger partial charge in [-0.3, -0.25) is 19.9 Å². The largest absolute Gasteiger partial charge is 0.289 e. The number of nitrogens with one attached hydrogen (secondary N) is 1. The van der Waals surface area contributed by atoms with Gasteiger partial charge in [-0.2, -0.15) is 5.10 Å². The molecule has 0 radical (unpaired) electrons. The number of allylic oxidation sites excluding steroid dienone is 2. The lowest BCUT2D eigenvalue weighted by Crippen LogP contribution is -2.00. The van der Waals surface area contributed by atoms with E-state index < -0.39 is 0 Å². The van der Waals surface area contributed by atoms with E-state index in [1.54, 1.807) is 18.5 Å². The van der Waals surface area contributed by atoms with Crippen LogP contribution in [0.1, 0.15) is 24.2 Å². The molecule has 0 saturated carbocycles. The molecule has 3 aromatic heterocycles. The summed E-state index contributed by atoms with van der Waals surface area (Å²) in [7, 11) is 0. The van der Waals surface area contributed by atoms with Crippen molar-refractivity contribution in [1.82, 2.24) is 20.2 Å². The molecule has 3 aromatic rings. The van der Waals surface area contributed by atoms with Crippen LogP contribution in [0, 0.1) is 0 Å². The molecule has 5 nitrogen and oxygen atoms in total. The van der Waals surface area contributed by atoms with E-state index in [0.29, 0.717) is 28.3 Å². The first-order valence-electron chi connectivity index (χ1n) is 7.27. The molecule has 0 aliphatic carbocycles. The fourth-order valence-corrected chi connectivity index (χ4v) is 2.30. The van der Waals surface area contributed by atoms with E-state index in [1.165, 1.54) is 0 Å². The third-order valence-electron chi connectivity index (χ3n) is 3.26. The van der Waals surface area contributed by atoms with Gasteiger partial charge in [-0.1, -0.05) is 17.7 Å². The van der Waals surface area contributed by atoms with Crippen LogP contribution in [0.4, 0.5) is 0 Å². The summed E-state index contributed by atoms with van der Waals surface area (Å²) in [6, 6.07) is 11.1. The molecule has 0 aliphatic rings. The van der Waals surface area contributed by atoms with E-state index in [2.05, 4.69) is 20.2 Å². The van der Waals surface area contributed by atoms with E-state index in [-0.39, 0.29) is 5.78 Å². The fraction of sp³-hybridized carbons (Fsp3) is 0.111. The molecule has 0 saturated heterocycles. The zero-order valence-electron chi connectivity index (χ0n) is 12.9. The first kappa shape index (κ1) is 14.8. The molecule has 0 fully saturated rings. The molecule has 114 valence electrons. The van der Waals surface area contributed by atoms with Crippen LogP contribution in [0.5, 0.6) is 0 Å². The second kappa shape index (κ2) is 6.36. The highest BCUT2D eigenvalue weighted by Crippen LogP contribution is 2.29. The number of ketones is 1. The SMILES string of the molecule is CC(C)=CC(=O)c1c(-c2ccccn2)n[nH]c1-c1ccccn1. The summed E-state index contributed by atoms with van der Waals surface area (Å²) in [4.78, 5) is 21.3. The second-order valence-corrected chi connectivity index (χ2v) is 5.34. The van der Waals surface area contributed by atoms with Gasteiger partial charge in [0.05, 0.1) is 22.6 Å². The Bertz CT molecular complexity index is 790. The highest BCUT2D eigenvalue weighted by molar-refractivity contribution is 6.12. The number of H-pyrrole nitrogens is 1. The first-order valence-corrected chi connectivity index (χ1v) is 7.27. The molecular formula is C18H16N4O. The van der Waals surface area contributed by atoms with Gasteiger partial charge >= 0.3 is 0 Å². The van der Waals surface area contributed by atoms with Crippen molar-refractivity contribution in [3.05, 3.63) is 66.0 Å². The van der Waals surface area contributed by atoms with Gasteiger partial charge in [0, 0.05) is 12.4 Å². The Labute approximate surface area is 134 Å². The highest BCUT2D eigenvalue weighted by Gasteiger charge is 2.22. The average Bonchev–Trinajstić information content (AvgIpc) is 3.01. The first-order chi connectivity index (χ1) is 11.2. The van der Waals surface area contributed by atoms with Crippen molar-refractivity contribution in [3.8, 4) is 22.8 Å². The monoisotopic (exact) mass is 304 g/mol. The molecule has 0 unspecified atom stereocenters. The van der Waals surface area contributed by atoms with Crippen molar-refractivity contribution in [2.24, 2.45) is 0 Å². The fourth-order valence-electron chi connectivity index (χ4n) is 2.30. The second-order valence-electron chi connectivity index (χ2n) is 5.34. The number of nitrogens with zero attached hydrogens (tertiary/aromatic N) is 3. The topological polar surface area (TPSA) is 71.5 Å². The summed E-state index contributed by atoms with van der Waals surface area (Å²) in [5.74, 6) is -0.111. The van der Waals surface area contributed by atoms with Gasteiger partial charge in [0.2, 0.25) is 0 Å². The molecule has 0 amide bonds. The number of hydrogen-bond donors (Lipinski definition) is 1. The van der Waals surface area contributed by atoms with Crippen LogP contribution in [-0.2, 0) is 0 Å². The van der Waals surface area contributed by atoms with Crippen LogP contribution >= 0.6 is 0 Å². The van der Waals surface area contributed by atoms with Crippen molar-refractivity contribution in [1.29, 1.82) is 0 Å². The van der Waals surface area contributed by atoms with E-state index in [0.717, 1.165) is 5.57 Å². The number of hydrogen-bond acceptors (Lipinski definition) is 4. The normalized spacial score (nSPS) is 10.3. The molecule has 0 aliphatic heterocycles. The zero-order valence-corrected chi connectivity index (χ0v) is 12.9. The third kappa shape index (κ3) is 3.08. The minimum Gasteiger partial charge on any atom is -0.289 e. The van der Waals surface area contributed by atoms with Crippen LogP contribution in [0.15, 0.2) is 60.4 Å². The molecule has 0 spiro atoms. The van der Waals surface area contributed by atoms with Gasteiger partial charge in [-0.05, 0) is 44.2 Å². The summed E-state index contributed by atoms with van der Waals surface area (Å²) in [6.07, 6.45) is 4.97. The molecule has 0 aromatic carbocycles. The molecule has 0 atom stereocenters. The maximum absolute atomic E-state index is 12.7. The quantitative estimate of drug-likeness (QED) is 0.589. The van der Waals surface area contributed by atoms with Crippen LogP contribution in [0.25, 0.3) is 22.8 Å². The summed E-state index contributed by atoms with van der Waals surface area (Å²) >= 11 is 0. The maximum Gasteiger partial charge on any atom is 0.190 e. The molecule has 5 heteroatoms. The predicted octanol–water partition coefficient (Wildman–Crippen LogP) is 3.68. The van der Waals surface area contributed by atoms with Crippen LogP contribution in [-0.4, -0.2) is 25.9 Å². The Morgan fingerprint density at radius 1 is 1.00 bits per heavy atom. The average molecular weight is 304 g/mol. The summed E-state index contributed by atoms with van der Waals surface area (Å²) in [6.45, 7) is 3.78. The standard InChI is InChI=1S/C18H16N4O/c1-12(2)11-15(23)16-17(13-7-3-5-9-19-13)21-22-18(16)14-8-4-6-10-20-14/h3-11H,1-2H3,(H,21,22). The minimum absolute atomic E-state index is 0.111. The van der Waals surface area contributed by atoms with Gasteiger partial charge in [-0.15, -0.1) is 0 Å². The lowest BCUT2D eigenvalue weighted by molar-refractivity contribution is 0.104. The molecule has 3 heterocycles. The highest BCUT2D eigenvalue weighted by atomic mass is 16.1. The van der Waals surface area contributed by atoms with Crippen LogP contribution < -0.4 is 0 Å². The zero-order chi connectivity index (χ0) is 16.2. The van der Waals surface area contributed by atoms with Crippen LogP contribution in [0.2, 0.25) is 0 Å². The van der Waals surface area contributed by atoms with E-state index in [1.807, 2.05) is 50.2 Å². The van der Waals surface area contributed by atoms with Gasteiger partial charge < -0.3 is 0 Å². The number of carbonyl (C=O) groups is 1. The number of aromatic nitrogens is 4. The number of pyridine rings is 2. The van der Waals surface area contributed by atoms with Gasteiger partial charge in [-0.25, -0.2) is 0 Å². The Hall–Kier alpha value is -3.08. The molecule has 3 rings (SSSR count). The Morgan fingerprint density at radius 2 is 1.65 bits per heavy atom. The smallest absolute Gasteiger partial charge is 0.190 e. The van der Waals surface area contributed by atoms with Gasteiger partial charge in [0.15, 0.2) is 5.78 Å². The lowest BCUT2D eigenvalue weighted by Gasteiger charge is -2.03.